The van der Waals surface area contributed by atoms with Crippen LogP contribution in [-0.4, -0.2) is 19.1 Å². The predicted molar refractivity (Wildman–Crippen MR) is 76.3 cm³/mol. The minimum atomic E-state index is -0.101. The van der Waals surface area contributed by atoms with E-state index in [1.54, 1.807) is 25.3 Å². The number of benzene rings is 1. The maximum Gasteiger partial charge on any atom is 0.253 e. The number of nitrogens with two attached hydrogens (primary N) is 1. The predicted octanol–water partition coefficient (Wildman–Crippen LogP) is 2.59. The normalized spacial score (nSPS) is 22.8. The highest BCUT2D eigenvalue weighted by Crippen LogP contribution is 2.26. The molecule has 19 heavy (non-hydrogen) atoms. The van der Waals surface area contributed by atoms with E-state index in [1.807, 2.05) is 0 Å². The summed E-state index contributed by atoms with van der Waals surface area (Å²) in [5.74, 6) is 1.22. The largest absolute Gasteiger partial charge is 0.495 e. The van der Waals surface area contributed by atoms with Crippen molar-refractivity contribution >= 4 is 11.6 Å². The Morgan fingerprint density at radius 3 is 2.63 bits per heavy atom. The summed E-state index contributed by atoms with van der Waals surface area (Å²) in [7, 11) is 1.55. The third kappa shape index (κ3) is 3.19. The van der Waals surface area contributed by atoms with Crippen molar-refractivity contribution in [2.24, 2.45) is 5.92 Å². The monoisotopic (exact) mass is 262 g/mol. The maximum absolute atomic E-state index is 12.2. The topological polar surface area (TPSA) is 64.3 Å². The van der Waals surface area contributed by atoms with Crippen LogP contribution < -0.4 is 15.8 Å². The molecule has 2 rings (SSSR count). The third-order valence-electron chi connectivity index (χ3n) is 3.88. The van der Waals surface area contributed by atoms with Gasteiger partial charge in [0.05, 0.1) is 18.4 Å². The Morgan fingerprint density at radius 2 is 2.00 bits per heavy atom. The minimum absolute atomic E-state index is 0.101. The van der Waals surface area contributed by atoms with Crippen LogP contribution in [0.15, 0.2) is 18.2 Å². The van der Waals surface area contributed by atoms with Gasteiger partial charge < -0.3 is 15.8 Å². The molecule has 4 nitrogen and oxygen atoms in total. The van der Waals surface area contributed by atoms with E-state index in [2.05, 4.69) is 12.2 Å². The van der Waals surface area contributed by atoms with Gasteiger partial charge in [0.25, 0.3) is 5.91 Å². The Labute approximate surface area is 114 Å². The molecule has 0 bridgehead atoms. The molecule has 1 amide bonds. The van der Waals surface area contributed by atoms with Crippen molar-refractivity contribution in [3.05, 3.63) is 23.8 Å². The van der Waals surface area contributed by atoms with Crippen LogP contribution in [0.3, 0.4) is 0 Å². The molecule has 1 aliphatic carbocycles. The molecule has 0 aromatic heterocycles. The first-order valence-electron chi connectivity index (χ1n) is 6.85. The quantitative estimate of drug-likeness (QED) is 0.823. The summed E-state index contributed by atoms with van der Waals surface area (Å²) in [6.45, 7) is 2.26. The number of methoxy groups -OCH3 is 1. The Hall–Kier alpha value is -1.71. The van der Waals surface area contributed by atoms with Crippen LogP contribution in [0.25, 0.3) is 0 Å². The maximum atomic E-state index is 12.2. The highest BCUT2D eigenvalue weighted by atomic mass is 16.5. The number of para-hydroxylation sites is 1. The fraction of sp³-hybridized carbons (Fsp3) is 0.533. The first-order valence-corrected chi connectivity index (χ1v) is 6.85. The number of hydrogen-bond acceptors (Lipinski definition) is 3. The van der Waals surface area contributed by atoms with Crippen molar-refractivity contribution in [3.63, 3.8) is 0 Å². The molecule has 1 saturated carbocycles. The average Bonchev–Trinajstić information content (AvgIpc) is 2.41. The zero-order valence-electron chi connectivity index (χ0n) is 11.6. The van der Waals surface area contributed by atoms with E-state index in [4.69, 9.17) is 10.5 Å². The van der Waals surface area contributed by atoms with E-state index < -0.39 is 0 Å². The Morgan fingerprint density at radius 1 is 1.32 bits per heavy atom. The smallest absolute Gasteiger partial charge is 0.253 e. The number of hydrogen-bond donors (Lipinski definition) is 2. The fourth-order valence-corrected chi connectivity index (χ4v) is 2.59. The van der Waals surface area contributed by atoms with Crippen molar-refractivity contribution in [2.75, 3.05) is 12.8 Å². The van der Waals surface area contributed by atoms with Crippen LogP contribution in [0.1, 0.15) is 43.0 Å². The summed E-state index contributed by atoms with van der Waals surface area (Å²) in [6, 6.07) is 5.55. The molecule has 1 aliphatic rings. The molecule has 1 aromatic rings. The number of nitrogen functional groups attached to an aromatic ring is 1. The van der Waals surface area contributed by atoms with Crippen molar-refractivity contribution < 1.29 is 9.53 Å². The van der Waals surface area contributed by atoms with Crippen molar-refractivity contribution in [3.8, 4) is 5.75 Å². The van der Waals surface area contributed by atoms with Crippen LogP contribution in [0.5, 0.6) is 5.75 Å². The Balaban J connectivity index is 2.04. The third-order valence-corrected chi connectivity index (χ3v) is 3.88. The molecular weight excluding hydrogens is 240 g/mol. The van der Waals surface area contributed by atoms with Gasteiger partial charge in [0.1, 0.15) is 5.75 Å². The molecule has 0 heterocycles. The number of amides is 1. The second kappa shape index (κ2) is 5.95. The van der Waals surface area contributed by atoms with Gasteiger partial charge in [-0.3, -0.25) is 4.79 Å². The first-order chi connectivity index (χ1) is 9.11. The summed E-state index contributed by atoms with van der Waals surface area (Å²) in [4.78, 5) is 12.2. The van der Waals surface area contributed by atoms with Gasteiger partial charge in [0.2, 0.25) is 0 Å². The SMILES string of the molecule is COc1cccc(C(=O)NC2CCC(C)CC2)c1N. The van der Waals surface area contributed by atoms with E-state index in [0.29, 0.717) is 17.0 Å². The summed E-state index contributed by atoms with van der Waals surface area (Å²) < 4.78 is 5.13. The molecule has 4 heteroatoms. The van der Waals surface area contributed by atoms with Gasteiger partial charge in [0, 0.05) is 6.04 Å². The minimum Gasteiger partial charge on any atom is -0.495 e. The molecule has 3 N–H and O–H groups in total. The van der Waals surface area contributed by atoms with Crippen LogP contribution in [0.2, 0.25) is 0 Å². The second-order valence-corrected chi connectivity index (χ2v) is 5.35. The summed E-state index contributed by atoms with van der Waals surface area (Å²) in [5.41, 5.74) is 6.84. The summed E-state index contributed by atoms with van der Waals surface area (Å²) in [6.07, 6.45) is 4.46. The van der Waals surface area contributed by atoms with E-state index >= 15 is 0 Å². The molecule has 104 valence electrons. The standard InChI is InChI=1S/C15H22N2O2/c1-10-6-8-11(9-7-10)17-15(18)12-4-3-5-13(19-2)14(12)16/h3-5,10-11H,6-9,16H2,1-2H3,(H,17,18). The van der Waals surface area contributed by atoms with Crippen LogP contribution >= 0.6 is 0 Å². The molecule has 0 spiro atoms. The second-order valence-electron chi connectivity index (χ2n) is 5.35. The van der Waals surface area contributed by atoms with Crippen molar-refractivity contribution in [2.45, 2.75) is 38.6 Å². The number of carbonyl (C=O) groups is 1. The van der Waals surface area contributed by atoms with E-state index in [1.165, 1.54) is 12.8 Å². The van der Waals surface area contributed by atoms with Gasteiger partial charge in [-0.2, -0.15) is 0 Å². The highest BCUT2D eigenvalue weighted by Gasteiger charge is 2.21. The zero-order valence-corrected chi connectivity index (χ0v) is 11.6. The van der Waals surface area contributed by atoms with Gasteiger partial charge in [-0.1, -0.05) is 13.0 Å². The van der Waals surface area contributed by atoms with E-state index in [-0.39, 0.29) is 11.9 Å². The number of rotatable bonds is 3. The molecule has 1 aromatic carbocycles. The van der Waals surface area contributed by atoms with Crippen LogP contribution in [0, 0.1) is 5.92 Å². The van der Waals surface area contributed by atoms with Crippen LogP contribution in [0.4, 0.5) is 5.69 Å². The van der Waals surface area contributed by atoms with E-state index in [9.17, 15) is 4.79 Å². The van der Waals surface area contributed by atoms with Gasteiger partial charge in [-0.15, -0.1) is 0 Å². The van der Waals surface area contributed by atoms with Gasteiger partial charge >= 0.3 is 0 Å². The number of ether oxygens (including phenoxy) is 1. The summed E-state index contributed by atoms with van der Waals surface area (Å²) in [5, 5.41) is 3.07. The van der Waals surface area contributed by atoms with Gasteiger partial charge in [-0.25, -0.2) is 0 Å². The molecular formula is C15H22N2O2. The van der Waals surface area contributed by atoms with Crippen LogP contribution in [-0.2, 0) is 0 Å². The lowest BCUT2D eigenvalue weighted by molar-refractivity contribution is 0.0923. The Bertz CT molecular complexity index is 451. The van der Waals surface area contributed by atoms with Crippen molar-refractivity contribution in [1.82, 2.24) is 5.32 Å². The average molecular weight is 262 g/mol. The van der Waals surface area contributed by atoms with Crippen molar-refractivity contribution in [1.29, 1.82) is 0 Å². The summed E-state index contributed by atoms with van der Waals surface area (Å²) >= 11 is 0. The highest BCUT2D eigenvalue weighted by molar-refractivity contribution is 6.00. The lowest BCUT2D eigenvalue weighted by Crippen LogP contribution is -2.37. The molecule has 0 saturated heterocycles. The number of carbonyl (C=O) groups excluding carboxylic acids is 1. The lowest BCUT2D eigenvalue weighted by Gasteiger charge is -2.27. The van der Waals surface area contributed by atoms with E-state index in [0.717, 1.165) is 18.8 Å². The fourth-order valence-electron chi connectivity index (χ4n) is 2.59. The Kier molecular flexibility index (Phi) is 4.30. The first kappa shape index (κ1) is 13.7. The number of anilines is 1. The van der Waals surface area contributed by atoms with Gasteiger partial charge in [-0.05, 0) is 43.7 Å². The zero-order chi connectivity index (χ0) is 13.8. The van der Waals surface area contributed by atoms with Gasteiger partial charge in [0.15, 0.2) is 0 Å². The molecule has 0 aliphatic heterocycles. The molecule has 0 radical (unpaired) electrons. The molecule has 0 atom stereocenters. The lowest BCUT2D eigenvalue weighted by atomic mass is 9.87. The number of nitrogens with one attached hydrogen (secondary N) is 1. The molecule has 1 fully saturated rings. The molecule has 0 unspecified atom stereocenters.